The smallest absolute Gasteiger partial charge is 0.269 e. The summed E-state index contributed by atoms with van der Waals surface area (Å²) >= 11 is 10.7. The molecule has 2 heterocycles. The molecule has 0 bridgehead atoms. The predicted octanol–water partition coefficient (Wildman–Crippen LogP) is 4.56. The first-order valence-electron chi connectivity index (χ1n) is 8.83. The van der Waals surface area contributed by atoms with E-state index in [1.165, 1.54) is 10.8 Å². The van der Waals surface area contributed by atoms with Crippen molar-refractivity contribution in [3.8, 4) is 5.69 Å². The highest BCUT2D eigenvalue weighted by molar-refractivity contribution is 9.10. The van der Waals surface area contributed by atoms with E-state index in [0.717, 1.165) is 21.8 Å². The van der Waals surface area contributed by atoms with E-state index in [1.54, 1.807) is 24.3 Å². The number of H-pyrrole nitrogens is 1. The topological polar surface area (TPSA) is 92.7 Å². The minimum atomic E-state index is -0.260. The maximum absolute atomic E-state index is 13.0. The molecule has 2 aromatic heterocycles. The van der Waals surface area contributed by atoms with Crippen LogP contribution in [0.25, 0.3) is 16.7 Å². The van der Waals surface area contributed by atoms with Crippen molar-refractivity contribution in [3.05, 3.63) is 74.1 Å². The Balaban J connectivity index is 1.62. The molecule has 0 saturated heterocycles. The number of carbonyl (C=O) groups is 1. The minimum Gasteiger partial charge on any atom is -0.325 e. The molecule has 0 fully saturated rings. The summed E-state index contributed by atoms with van der Waals surface area (Å²) in [7, 11) is 0. The van der Waals surface area contributed by atoms with Crippen LogP contribution in [0.2, 0.25) is 5.02 Å². The molecule has 2 N–H and O–H groups in total. The van der Waals surface area contributed by atoms with Gasteiger partial charge in [0.2, 0.25) is 5.91 Å². The lowest BCUT2D eigenvalue weighted by Crippen LogP contribution is -2.22. The van der Waals surface area contributed by atoms with E-state index in [-0.39, 0.29) is 17.2 Å². The molecule has 0 aliphatic heterocycles. The van der Waals surface area contributed by atoms with Crippen molar-refractivity contribution in [2.24, 2.45) is 0 Å². The SMILES string of the molecule is Cc1ccc(NC(=O)CSc2nc3[nH]ncc3c(=O)n2-c2ccc(Br)cc2)cc1Cl. The molecule has 2 aromatic carbocycles. The Morgan fingerprint density at radius 1 is 1.27 bits per heavy atom. The maximum Gasteiger partial charge on any atom is 0.269 e. The third-order valence-corrected chi connectivity index (χ3v) is 6.20. The van der Waals surface area contributed by atoms with Crippen molar-refractivity contribution in [3.63, 3.8) is 0 Å². The number of anilines is 1. The molecular formula is C20H15BrClN5O2S. The zero-order valence-electron chi connectivity index (χ0n) is 15.6. The first kappa shape index (κ1) is 20.6. The van der Waals surface area contributed by atoms with Crippen LogP contribution in [0.3, 0.4) is 0 Å². The van der Waals surface area contributed by atoms with Gasteiger partial charge in [0.25, 0.3) is 5.56 Å². The van der Waals surface area contributed by atoms with Crippen LogP contribution in [-0.4, -0.2) is 31.4 Å². The fraction of sp³-hybridized carbons (Fsp3) is 0.100. The number of aromatic nitrogens is 4. The van der Waals surface area contributed by atoms with Crippen LogP contribution < -0.4 is 10.9 Å². The second-order valence-corrected chi connectivity index (χ2v) is 8.71. The molecule has 1 amide bonds. The molecule has 10 heteroatoms. The van der Waals surface area contributed by atoms with Crippen molar-refractivity contribution in [1.29, 1.82) is 0 Å². The van der Waals surface area contributed by atoms with E-state index in [4.69, 9.17) is 11.6 Å². The Morgan fingerprint density at radius 3 is 2.77 bits per heavy atom. The summed E-state index contributed by atoms with van der Waals surface area (Å²) in [5.74, 6) is -0.171. The molecule has 0 aliphatic rings. The Morgan fingerprint density at radius 2 is 2.03 bits per heavy atom. The molecule has 4 rings (SSSR count). The fourth-order valence-corrected chi connectivity index (χ4v) is 4.04. The van der Waals surface area contributed by atoms with Crippen molar-refractivity contribution in [1.82, 2.24) is 19.7 Å². The Bertz CT molecular complexity index is 1300. The lowest BCUT2D eigenvalue weighted by molar-refractivity contribution is -0.113. The van der Waals surface area contributed by atoms with E-state index in [0.29, 0.717) is 32.6 Å². The molecule has 0 atom stereocenters. The number of benzene rings is 2. The third-order valence-electron chi connectivity index (χ3n) is 4.32. The van der Waals surface area contributed by atoms with Gasteiger partial charge in [-0.15, -0.1) is 0 Å². The van der Waals surface area contributed by atoms with Crippen LogP contribution >= 0.6 is 39.3 Å². The maximum atomic E-state index is 13.0. The number of nitrogens with one attached hydrogen (secondary N) is 2. The van der Waals surface area contributed by atoms with Gasteiger partial charge in [-0.25, -0.2) is 4.98 Å². The number of rotatable bonds is 5. The monoisotopic (exact) mass is 503 g/mol. The van der Waals surface area contributed by atoms with Gasteiger partial charge in [-0.3, -0.25) is 19.3 Å². The van der Waals surface area contributed by atoms with Gasteiger partial charge < -0.3 is 5.32 Å². The lowest BCUT2D eigenvalue weighted by atomic mass is 10.2. The standard InChI is InChI=1S/C20H15BrClN5O2S/c1-11-2-5-13(8-16(11)22)24-17(28)10-30-20-25-18-15(9-23-26-18)19(29)27(20)14-6-3-12(21)4-7-14/h2-9H,10H2,1H3,(H,23,26)(H,24,28). The quantitative estimate of drug-likeness (QED) is 0.307. The van der Waals surface area contributed by atoms with Gasteiger partial charge in [0.15, 0.2) is 10.8 Å². The summed E-state index contributed by atoms with van der Waals surface area (Å²) in [4.78, 5) is 30.0. The van der Waals surface area contributed by atoms with Gasteiger partial charge in [0, 0.05) is 15.2 Å². The number of nitrogens with zero attached hydrogens (tertiary/aromatic N) is 3. The van der Waals surface area contributed by atoms with Gasteiger partial charge in [0.1, 0.15) is 5.39 Å². The molecule has 7 nitrogen and oxygen atoms in total. The summed E-state index contributed by atoms with van der Waals surface area (Å²) in [5.41, 5.74) is 2.30. The number of hydrogen-bond donors (Lipinski definition) is 2. The van der Waals surface area contributed by atoms with Crippen molar-refractivity contribution in [2.45, 2.75) is 12.1 Å². The van der Waals surface area contributed by atoms with E-state index < -0.39 is 0 Å². The third kappa shape index (κ3) is 4.28. The number of hydrogen-bond acceptors (Lipinski definition) is 5. The second-order valence-electron chi connectivity index (χ2n) is 6.44. The van der Waals surface area contributed by atoms with E-state index in [9.17, 15) is 9.59 Å². The highest BCUT2D eigenvalue weighted by Crippen LogP contribution is 2.23. The summed E-state index contributed by atoms with van der Waals surface area (Å²) < 4.78 is 2.37. The number of thioether (sulfide) groups is 1. The van der Waals surface area contributed by atoms with Gasteiger partial charge in [-0.1, -0.05) is 45.4 Å². The van der Waals surface area contributed by atoms with Crippen molar-refractivity contribution in [2.75, 3.05) is 11.1 Å². The first-order valence-corrected chi connectivity index (χ1v) is 11.0. The number of aromatic amines is 1. The Labute approximate surface area is 189 Å². The molecule has 4 aromatic rings. The summed E-state index contributed by atoms with van der Waals surface area (Å²) in [6.45, 7) is 1.89. The molecule has 0 spiro atoms. The van der Waals surface area contributed by atoms with Gasteiger partial charge in [-0.2, -0.15) is 5.10 Å². The molecule has 0 saturated carbocycles. The van der Waals surface area contributed by atoms with Crippen molar-refractivity contribution < 1.29 is 4.79 Å². The lowest BCUT2D eigenvalue weighted by Gasteiger charge is -2.12. The van der Waals surface area contributed by atoms with Gasteiger partial charge in [0.05, 0.1) is 17.6 Å². The zero-order chi connectivity index (χ0) is 21.3. The largest absolute Gasteiger partial charge is 0.325 e. The normalized spacial score (nSPS) is 11.0. The molecule has 0 aliphatic carbocycles. The molecular weight excluding hydrogens is 490 g/mol. The highest BCUT2D eigenvalue weighted by atomic mass is 79.9. The number of carbonyl (C=O) groups excluding carboxylic acids is 1. The van der Waals surface area contributed by atoms with E-state index >= 15 is 0 Å². The van der Waals surface area contributed by atoms with Crippen LogP contribution in [0, 0.1) is 6.92 Å². The first-order chi connectivity index (χ1) is 14.4. The van der Waals surface area contributed by atoms with E-state index in [2.05, 4.69) is 36.4 Å². The van der Waals surface area contributed by atoms with Crippen LogP contribution in [0.4, 0.5) is 5.69 Å². The number of amides is 1. The van der Waals surface area contributed by atoms with Gasteiger partial charge >= 0.3 is 0 Å². The Hall–Kier alpha value is -2.62. The Kier molecular flexibility index (Phi) is 5.94. The van der Waals surface area contributed by atoms with Crippen LogP contribution in [0.1, 0.15) is 5.56 Å². The number of fused-ring (bicyclic) bond motifs is 1. The molecule has 30 heavy (non-hydrogen) atoms. The van der Waals surface area contributed by atoms with E-state index in [1.807, 2.05) is 25.1 Å². The average Bonchev–Trinajstić information content (AvgIpc) is 3.19. The molecule has 152 valence electrons. The predicted molar refractivity (Wildman–Crippen MR) is 123 cm³/mol. The van der Waals surface area contributed by atoms with Crippen LogP contribution in [-0.2, 0) is 4.79 Å². The van der Waals surface area contributed by atoms with Crippen LogP contribution in [0.15, 0.2) is 63.1 Å². The highest BCUT2D eigenvalue weighted by Gasteiger charge is 2.16. The summed E-state index contributed by atoms with van der Waals surface area (Å²) in [6.07, 6.45) is 1.45. The molecule has 0 radical (unpaired) electrons. The summed E-state index contributed by atoms with van der Waals surface area (Å²) in [6, 6.07) is 12.6. The second kappa shape index (κ2) is 8.63. The number of aryl methyl sites for hydroxylation is 1. The number of halogens is 2. The zero-order valence-corrected chi connectivity index (χ0v) is 18.8. The van der Waals surface area contributed by atoms with Crippen LogP contribution in [0.5, 0.6) is 0 Å². The van der Waals surface area contributed by atoms with Gasteiger partial charge in [-0.05, 0) is 48.9 Å². The average molecular weight is 505 g/mol. The fourth-order valence-electron chi connectivity index (χ4n) is 2.79. The summed E-state index contributed by atoms with van der Waals surface area (Å²) in [5, 5.41) is 10.8. The molecule has 0 unspecified atom stereocenters. The minimum absolute atomic E-state index is 0.0636. The van der Waals surface area contributed by atoms with Crippen molar-refractivity contribution >= 4 is 61.9 Å².